The largest absolute Gasteiger partial charge is 0.472 e. The Balaban J connectivity index is 5.21. The Morgan fingerprint density at radius 3 is 0.844 bits per heavy atom. The molecule has 3 N–H and O–H groups in total. The minimum Gasteiger partial charge on any atom is -0.462 e. The predicted octanol–water partition coefficient (Wildman–Crippen LogP) is 20.4. The van der Waals surface area contributed by atoms with Gasteiger partial charge in [0.1, 0.15) is 19.3 Å². The van der Waals surface area contributed by atoms with Gasteiger partial charge in [0.2, 0.25) is 0 Å². The third-order valence-corrected chi connectivity index (χ3v) is 18.7. The van der Waals surface area contributed by atoms with E-state index in [4.69, 9.17) is 37.0 Å². The molecule has 0 radical (unpaired) electrons. The first-order chi connectivity index (χ1) is 43.4. The highest BCUT2D eigenvalue weighted by Gasteiger charge is 2.30. The smallest absolute Gasteiger partial charge is 0.462 e. The van der Waals surface area contributed by atoms with Crippen LogP contribution in [0.15, 0.2) is 0 Å². The third kappa shape index (κ3) is 63.5. The quantitative estimate of drug-likeness (QED) is 0.0222. The van der Waals surface area contributed by atoms with Gasteiger partial charge in [0.15, 0.2) is 12.2 Å². The first kappa shape index (κ1) is 88.1. The van der Waals surface area contributed by atoms with Gasteiger partial charge in [-0.25, -0.2) is 9.13 Å². The van der Waals surface area contributed by atoms with Crippen LogP contribution in [0.5, 0.6) is 0 Å². The van der Waals surface area contributed by atoms with Crippen molar-refractivity contribution in [3.8, 4) is 0 Å². The number of aliphatic hydroxyl groups excluding tert-OH is 1. The van der Waals surface area contributed by atoms with Gasteiger partial charge in [-0.2, -0.15) is 0 Å². The molecule has 0 fully saturated rings. The molecule has 0 aliphatic rings. The highest BCUT2D eigenvalue weighted by Crippen LogP contribution is 2.45. The summed E-state index contributed by atoms with van der Waals surface area (Å²) in [4.78, 5) is 72.5. The Morgan fingerprint density at radius 2 is 0.567 bits per heavy atom. The lowest BCUT2D eigenvalue weighted by atomic mass is 9.99. The predicted molar refractivity (Wildman–Crippen MR) is 363 cm³/mol. The van der Waals surface area contributed by atoms with Crippen molar-refractivity contribution < 1.29 is 80.2 Å². The van der Waals surface area contributed by atoms with Crippen molar-refractivity contribution in [3.05, 3.63) is 0 Å². The summed E-state index contributed by atoms with van der Waals surface area (Å²) >= 11 is 0. The van der Waals surface area contributed by atoms with Gasteiger partial charge in [-0.3, -0.25) is 37.3 Å². The minimum atomic E-state index is -4.95. The van der Waals surface area contributed by atoms with E-state index in [1.54, 1.807) is 0 Å². The molecule has 534 valence electrons. The van der Waals surface area contributed by atoms with Crippen LogP contribution in [0.4, 0.5) is 0 Å². The van der Waals surface area contributed by atoms with E-state index in [0.29, 0.717) is 31.6 Å². The SMILES string of the molecule is CCCCCCCCCCCCCCCCC(=O)OC[C@H](COP(=O)(O)OC[C@@H](O)COP(=O)(O)OC[C@@H](COC(=O)CCCCCCCCCC)OC(=O)CCCCCCCCCC(C)C)OC(=O)CCCCCCCCCCCCCCCCC(C)CC. The standard InChI is InChI=1S/C71H138O17P2/c1-7-10-12-14-16-18-19-20-24-27-30-36-42-48-54-69(74)82-60-66(87-70(75)55-49-43-37-31-28-25-22-21-23-26-29-34-40-46-52-64(6)9-3)61-85-89(77,78)83-57-65(72)58-84-90(79,80)86-62-67(59-81-68(73)53-47-41-35-17-15-13-11-8-2)88-71(76)56-50-44-38-32-33-39-45-51-63(4)5/h63-67,72H,7-62H2,1-6H3,(H,77,78)(H,79,80)/t64?,65-,66-,67-/m1/s1. The highest BCUT2D eigenvalue weighted by molar-refractivity contribution is 7.47. The van der Waals surface area contributed by atoms with E-state index < -0.39 is 97.5 Å². The molecule has 0 rings (SSSR count). The fraction of sp³-hybridized carbons (Fsp3) is 0.944. The molecule has 0 spiro atoms. The van der Waals surface area contributed by atoms with Crippen molar-refractivity contribution in [1.29, 1.82) is 0 Å². The summed E-state index contributed by atoms with van der Waals surface area (Å²) in [5.41, 5.74) is 0. The second-order valence-electron chi connectivity index (χ2n) is 26.3. The molecule has 0 aromatic rings. The minimum absolute atomic E-state index is 0.103. The first-order valence-electron chi connectivity index (χ1n) is 37.0. The van der Waals surface area contributed by atoms with E-state index in [1.165, 1.54) is 173 Å². The monoisotopic (exact) mass is 1320 g/mol. The van der Waals surface area contributed by atoms with Crippen LogP contribution >= 0.6 is 15.6 Å². The van der Waals surface area contributed by atoms with Gasteiger partial charge in [0.25, 0.3) is 0 Å². The number of carbonyl (C=O) groups is 4. The van der Waals surface area contributed by atoms with Crippen LogP contribution < -0.4 is 0 Å². The van der Waals surface area contributed by atoms with Crippen LogP contribution in [0, 0.1) is 11.8 Å². The number of aliphatic hydroxyl groups is 1. The number of rotatable bonds is 70. The average Bonchev–Trinajstić information content (AvgIpc) is 2.90. The second-order valence-corrected chi connectivity index (χ2v) is 29.3. The van der Waals surface area contributed by atoms with Crippen molar-refractivity contribution in [1.82, 2.24) is 0 Å². The molecule has 3 unspecified atom stereocenters. The molecule has 19 heteroatoms. The lowest BCUT2D eigenvalue weighted by Crippen LogP contribution is -2.30. The average molecular weight is 1330 g/mol. The molecule has 0 bridgehead atoms. The number of carbonyl (C=O) groups excluding carboxylic acids is 4. The van der Waals surface area contributed by atoms with Gasteiger partial charge in [-0.1, -0.05) is 311 Å². The van der Waals surface area contributed by atoms with Gasteiger partial charge >= 0.3 is 39.5 Å². The molecule has 0 amide bonds. The van der Waals surface area contributed by atoms with Gasteiger partial charge in [0.05, 0.1) is 26.4 Å². The summed E-state index contributed by atoms with van der Waals surface area (Å²) in [6, 6.07) is 0. The van der Waals surface area contributed by atoms with E-state index in [9.17, 15) is 43.2 Å². The van der Waals surface area contributed by atoms with Crippen molar-refractivity contribution in [3.63, 3.8) is 0 Å². The number of esters is 4. The van der Waals surface area contributed by atoms with Gasteiger partial charge in [0, 0.05) is 25.7 Å². The molecule has 17 nitrogen and oxygen atoms in total. The van der Waals surface area contributed by atoms with Crippen LogP contribution in [0.1, 0.15) is 363 Å². The molecule has 0 aromatic carbocycles. The number of phosphoric acid groups is 2. The molecule has 0 aromatic heterocycles. The maximum absolute atomic E-state index is 13.0. The Bertz CT molecular complexity index is 1750. The second kappa shape index (κ2) is 63.1. The van der Waals surface area contributed by atoms with Crippen molar-refractivity contribution in [2.24, 2.45) is 11.8 Å². The first-order valence-corrected chi connectivity index (χ1v) is 40.0. The summed E-state index contributed by atoms with van der Waals surface area (Å²) in [5.74, 6) is -0.585. The van der Waals surface area contributed by atoms with Gasteiger partial charge in [-0.05, 0) is 37.5 Å². The summed E-state index contributed by atoms with van der Waals surface area (Å²) < 4.78 is 68.2. The van der Waals surface area contributed by atoms with Crippen molar-refractivity contribution in [2.75, 3.05) is 39.6 Å². The fourth-order valence-corrected chi connectivity index (χ4v) is 12.3. The topological polar surface area (TPSA) is 237 Å². The molecule has 90 heavy (non-hydrogen) atoms. The molecule has 6 atom stereocenters. The summed E-state index contributed by atoms with van der Waals surface area (Å²) in [6.45, 7) is 9.52. The zero-order chi connectivity index (χ0) is 66.5. The molecule has 0 saturated heterocycles. The van der Waals surface area contributed by atoms with Crippen LogP contribution in [0.3, 0.4) is 0 Å². The number of phosphoric ester groups is 2. The van der Waals surface area contributed by atoms with Crippen LogP contribution in [-0.2, 0) is 65.4 Å². The van der Waals surface area contributed by atoms with E-state index in [2.05, 4.69) is 41.5 Å². The van der Waals surface area contributed by atoms with E-state index in [1.807, 2.05) is 0 Å². The summed E-state index contributed by atoms with van der Waals surface area (Å²) in [7, 11) is -9.90. The molecule has 0 aliphatic heterocycles. The third-order valence-electron chi connectivity index (χ3n) is 16.8. The molecular formula is C71H138O17P2. The number of hydrogen-bond acceptors (Lipinski definition) is 15. The van der Waals surface area contributed by atoms with Gasteiger partial charge in [-0.15, -0.1) is 0 Å². The van der Waals surface area contributed by atoms with E-state index >= 15 is 0 Å². The van der Waals surface area contributed by atoms with Crippen LogP contribution in [0.2, 0.25) is 0 Å². The van der Waals surface area contributed by atoms with Gasteiger partial charge < -0.3 is 33.8 Å². The number of hydrogen-bond donors (Lipinski definition) is 3. The van der Waals surface area contributed by atoms with E-state index in [-0.39, 0.29) is 25.7 Å². The Labute approximate surface area is 549 Å². The molecule has 0 heterocycles. The maximum atomic E-state index is 13.0. The Morgan fingerprint density at radius 1 is 0.322 bits per heavy atom. The summed E-state index contributed by atoms with van der Waals surface area (Å²) in [5, 5.41) is 10.6. The van der Waals surface area contributed by atoms with Crippen molar-refractivity contribution >= 4 is 39.5 Å². The maximum Gasteiger partial charge on any atom is 0.472 e. The summed E-state index contributed by atoms with van der Waals surface area (Å²) in [6.07, 6.45) is 48.6. The fourth-order valence-electron chi connectivity index (χ4n) is 10.7. The Kier molecular flexibility index (Phi) is 61.8. The van der Waals surface area contributed by atoms with Crippen LogP contribution in [-0.4, -0.2) is 96.7 Å². The zero-order valence-electron chi connectivity index (χ0n) is 58.4. The zero-order valence-corrected chi connectivity index (χ0v) is 60.2. The molecule has 0 saturated carbocycles. The Hall–Kier alpha value is -1.94. The van der Waals surface area contributed by atoms with E-state index in [0.717, 1.165) is 102 Å². The highest BCUT2D eigenvalue weighted by atomic mass is 31.2. The number of ether oxygens (including phenoxy) is 4. The normalized spacial score (nSPS) is 14.4. The van der Waals surface area contributed by atoms with Crippen molar-refractivity contribution in [2.45, 2.75) is 381 Å². The number of unbranched alkanes of at least 4 members (excludes halogenated alkanes) is 39. The lowest BCUT2D eigenvalue weighted by Gasteiger charge is -2.21. The lowest BCUT2D eigenvalue weighted by molar-refractivity contribution is -0.161. The molecule has 0 aliphatic carbocycles. The van der Waals surface area contributed by atoms with Crippen LogP contribution in [0.25, 0.3) is 0 Å². The molecular weight excluding hydrogens is 1190 g/mol.